The molecule has 0 spiro atoms. The van der Waals surface area contributed by atoms with Gasteiger partial charge in [-0.05, 0) is 18.8 Å². The quantitative estimate of drug-likeness (QED) is 0.243. The summed E-state index contributed by atoms with van der Waals surface area (Å²) in [7, 11) is 1.68. The summed E-state index contributed by atoms with van der Waals surface area (Å²) in [6, 6.07) is 0.553. The largest absolute Gasteiger partial charge is 0.383 e. The standard InChI is InChI=1S/C11H24N4O/c1-9(2)10-5-4-7-15(10)11(14-12)13-6-8-16-3/h9-10H,4-8,12H2,1-3H3,(H,13,14). The van der Waals surface area contributed by atoms with E-state index < -0.39 is 0 Å². The summed E-state index contributed by atoms with van der Waals surface area (Å²) < 4.78 is 4.98. The van der Waals surface area contributed by atoms with Crippen LogP contribution in [0.1, 0.15) is 26.7 Å². The molecule has 1 aliphatic rings. The van der Waals surface area contributed by atoms with Crippen LogP contribution in [0.3, 0.4) is 0 Å². The van der Waals surface area contributed by atoms with Crippen LogP contribution < -0.4 is 11.3 Å². The lowest BCUT2D eigenvalue weighted by molar-refractivity contribution is 0.207. The van der Waals surface area contributed by atoms with Crippen LogP contribution in [0.25, 0.3) is 0 Å². The number of ether oxygens (including phenoxy) is 1. The highest BCUT2D eigenvalue weighted by atomic mass is 16.5. The summed E-state index contributed by atoms with van der Waals surface area (Å²) in [6.45, 7) is 6.81. The first-order valence-corrected chi connectivity index (χ1v) is 5.97. The molecule has 1 rings (SSSR count). The van der Waals surface area contributed by atoms with Gasteiger partial charge in [-0.15, -0.1) is 0 Å². The fourth-order valence-corrected chi connectivity index (χ4v) is 2.21. The minimum atomic E-state index is 0.553. The Balaban J connectivity index is 2.60. The van der Waals surface area contributed by atoms with Crippen LogP contribution in [0.15, 0.2) is 4.99 Å². The molecule has 0 aromatic carbocycles. The van der Waals surface area contributed by atoms with Crippen molar-refractivity contribution in [3.8, 4) is 0 Å². The molecule has 0 aliphatic carbocycles. The zero-order valence-corrected chi connectivity index (χ0v) is 10.6. The number of guanidine groups is 1. The predicted molar refractivity (Wildman–Crippen MR) is 66.1 cm³/mol. The maximum atomic E-state index is 5.53. The molecule has 0 aromatic rings. The molecule has 1 heterocycles. The Hall–Kier alpha value is -0.810. The van der Waals surface area contributed by atoms with Gasteiger partial charge in [-0.25, -0.2) is 10.8 Å². The number of nitrogens with two attached hydrogens (primary N) is 1. The zero-order valence-electron chi connectivity index (χ0n) is 10.6. The number of likely N-dealkylation sites (tertiary alicyclic amines) is 1. The van der Waals surface area contributed by atoms with Crippen molar-refractivity contribution in [2.75, 3.05) is 26.8 Å². The number of nitrogens with zero attached hydrogens (tertiary/aromatic N) is 2. The van der Waals surface area contributed by atoms with Gasteiger partial charge in [0.15, 0.2) is 0 Å². The first-order valence-electron chi connectivity index (χ1n) is 5.97. The van der Waals surface area contributed by atoms with Gasteiger partial charge in [0.2, 0.25) is 5.96 Å². The number of rotatable bonds is 4. The fraction of sp³-hybridized carbons (Fsp3) is 0.909. The molecule has 0 amide bonds. The Morgan fingerprint density at radius 3 is 2.94 bits per heavy atom. The third-order valence-corrected chi connectivity index (χ3v) is 3.03. The molecular weight excluding hydrogens is 204 g/mol. The van der Waals surface area contributed by atoms with E-state index in [1.807, 2.05) is 0 Å². The van der Waals surface area contributed by atoms with Crippen LogP contribution in [0.5, 0.6) is 0 Å². The van der Waals surface area contributed by atoms with Crippen LogP contribution >= 0.6 is 0 Å². The van der Waals surface area contributed by atoms with Gasteiger partial charge in [-0.3, -0.25) is 5.43 Å². The molecule has 1 saturated heterocycles. The Kier molecular flexibility index (Phi) is 5.55. The Morgan fingerprint density at radius 2 is 2.38 bits per heavy atom. The van der Waals surface area contributed by atoms with Gasteiger partial charge in [0.1, 0.15) is 0 Å². The van der Waals surface area contributed by atoms with Gasteiger partial charge >= 0.3 is 0 Å². The smallest absolute Gasteiger partial charge is 0.208 e. The molecular formula is C11H24N4O. The molecule has 1 atom stereocenters. The monoisotopic (exact) mass is 228 g/mol. The van der Waals surface area contributed by atoms with Crippen LogP contribution in [0.4, 0.5) is 0 Å². The molecule has 0 saturated carbocycles. The normalized spacial score (nSPS) is 21.9. The predicted octanol–water partition coefficient (Wildman–Crippen LogP) is 0.573. The van der Waals surface area contributed by atoms with E-state index in [0.717, 1.165) is 12.5 Å². The van der Waals surface area contributed by atoms with E-state index in [-0.39, 0.29) is 0 Å². The third-order valence-electron chi connectivity index (χ3n) is 3.03. The van der Waals surface area contributed by atoms with Crippen molar-refractivity contribution in [3.05, 3.63) is 0 Å². The lowest BCUT2D eigenvalue weighted by atomic mass is 10.0. The minimum absolute atomic E-state index is 0.553. The van der Waals surface area contributed by atoms with Gasteiger partial charge < -0.3 is 9.64 Å². The summed E-state index contributed by atoms with van der Waals surface area (Å²) in [4.78, 5) is 6.71. The van der Waals surface area contributed by atoms with Crippen molar-refractivity contribution in [2.45, 2.75) is 32.7 Å². The fourth-order valence-electron chi connectivity index (χ4n) is 2.21. The number of hydrogen-bond donors (Lipinski definition) is 2. The summed E-state index contributed by atoms with van der Waals surface area (Å²) in [5, 5.41) is 0. The molecule has 0 aromatic heterocycles. The molecule has 0 radical (unpaired) electrons. The molecule has 0 bridgehead atoms. The van der Waals surface area contributed by atoms with Crippen molar-refractivity contribution in [1.82, 2.24) is 10.3 Å². The van der Waals surface area contributed by atoms with Crippen LogP contribution in [-0.4, -0.2) is 43.7 Å². The second-order valence-corrected chi connectivity index (χ2v) is 4.49. The molecule has 1 fully saturated rings. The SMILES string of the molecule is COCCN=C(NN)N1CCCC1C(C)C. The van der Waals surface area contributed by atoms with Gasteiger partial charge in [-0.1, -0.05) is 13.8 Å². The average molecular weight is 228 g/mol. The second-order valence-electron chi connectivity index (χ2n) is 4.49. The molecule has 3 N–H and O–H groups in total. The van der Waals surface area contributed by atoms with E-state index in [9.17, 15) is 0 Å². The van der Waals surface area contributed by atoms with Crippen molar-refractivity contribution in [1.29, 1.82) is 0 Å². The molecule has 5 nitrogen and oxygen atoms in total. The Labute approximate surface area is 98.0 Å². The van der Waals surface area contributed by atoms with Crippen LogP contribution in [0, 0.1) is 5.92 Å². The Bertz CT molecular complexity index is 230. The Morgan fingerprint density at radius 1 is 1.62 bits per heavy atom. The highest BCUT2D eigenvalue weighted by Crippen LogP contribution is 2.23. The summed E-state index contributed by atoms with van der Waals surface area (Å²) in [5.41, 5.74) is 2.71. The first kappa shape index (κ1) is 13.3. The van der Waals surface area contributed by atoms with Crippen molar-refractivity contribution in [2.24, 2.45) is 16.8 Å². The summed E-state index contributed by atoms with van der Waals surface area (Å²) >= 11 is 0. The molecule has 94 valence electrons. The van der Waals surface area contributed by atoms with Crippen LogP contribution in [-0.2, 0) is 4.74 Å². The van der Waals surface area contributed by atoms with Gasteiger partial charge in [0.25, 0.3) is 0 Å². The van der Waals surface area contributed by atoms with E-state index in [1.165, 1.54) is 12.8 Å². The molecule has 1 aliphatic heterocycles. The van der Waals surface area contributed by atoms with Gasteiger partial charge in [-0.2, -0.15) is 0 Å². The van der Waals surface area contributed by atoms with E-state index >= 15 is 0 Å². The van der Waals surface area contributed by atoms with Gasteiger partial charge in [0, 0.05) is 19.7 Å². The van der Waals surface area contributed by atoms with Crippen LogP contribution in [0.2, 0.25) is 0 Å². The van der Waals surface area contributed by atoms with E-state index in [0.29, 0.717) is 25.1 Å². The number of methoxy groups -OCH3 is 1. The topological polar surface area (TPSA) is 62.9 Å². The minimum Gasteiger partial charge on any atom is -0.383 e. The lowest BCUT2D eigenvalue weighted by Crippen LogP contribution is -2.48. The summed E-state index contributed by atoms with van der Waals surface area (Å²) in [6.07, 6.45) is 2.44. The maximum Gasteiger partial charge on any atom is 0.208 e. The number of hydrogen-bond acceptors (Lipinski definition) is 3. The first-order chi connectivity index (χ1) is 7.70. The van der Waals surface area contributed by atoms with Crippen molar-refractivity contribution < 1.29 is 4.74 Å². The lowest BCUT2D eigenvalue weighted by Gasteiger charge is -2.30. The molecule has 1 unspecified atom stereocenters. The molecule has 16 heavy (non-hydrogen) atoms. The number of aliphatic imine (C=N–C) groups is 1. The maximum absolute atomic E-state index is 5.53. The van der Waals surface area contributed by atoms with Crippen molar-refractivity contribution in [3.63, 3.8) is 0 Å². The summed E-state index contributed by atoms with van der Waals surface area (Å²) in [5.74, 6) is 6.96. The second kappa shape index (κ2) is 6.70. The highest BCUT2D eigenvalue weighted by Gasteiger charge is 2.29. The molecule has 5 heteroatoms. The average Bonchev–Trinajstić information content (AvgIpc) is 2.73. The van der Waals surface area contributed by atoms with Crippen molar-refractivity contribution >= 4 is 5.96 Å². The van der Waals surface area contributed by atoms with E-state index in [1.54, 1.807) is 7.11 Å². The number of hydrazine groups is 1. The highest BCUT2D eigenvalue weighted by molar-refractivity contribution is 5.80. The van der Waals surface area contributed by atoms with E-state index in [4.69, 9.17) is 10.6 Å². The zero-order chi connectivity index (χ0) is 12.0. The van der Waals surface area contributed by atoms with E-state index in [2.05, 4.69) is 29.2 Å². The van der Waals surface area contributed by atoms with Gasteiger partial charge in [0.05, 0.1) is 13.2 Å². The third kappa shape index (κ3) is 3.35. The number of nitrogens with one attached hydrogen (secondary N) is 1.